The van der Waals surface area contributed by atoms with Gasteiger partial charge in [-0.25, -0.2) is 4.79 Å². The molecule has 0 unspecified atom stereocenters. The lowest BCUT2D eigenvalue weighted by molar-refractivity contribution is -0.119. The van der Waals surface area contributed by atoms with Crippen LogP contribution >= 0.6 is 0 Å². The molecular weight excluding hydrogens is 452 g/mol. The maximum absolute atomic E-state index is 13.3. The summed E-state index contributed by atoms with van der Waals surface area (Å²) >= 11 is 0. The second-order valence-corrected chi connectivity index (χ2v) is 8.91. The van der Waals surface area contributed by atoms with Crippen LogP contribution in [0.4, 0.5) is 5.69 Å². The second-order valence-electron chi connectivity index (χ2n) is 8.91. The van der Waals surface area contributed by atoms with Crippen molar-refractivity contribution in [3.63, 3.8) is 0 Å². The van der Waals surface area contributed by atoms with Crippen LogP contribution in [0.15, 0.2) is 78.9 Å². The molecule has 0 aliphatic heterocycles. The van der Waals surface area contributed by atoms with Crippen LogP contribution in [0.1, 0.15) is 47.3 Å². The van der Waals surface area contributed by atoms with Crippen molar-refractivity contribution in [3.05, 3.63) is 95.7 Å². The number of anilines is 1. The number of aromatic nitrogens is 1. The molecule has 1 N–H and O–H groups in total. The van der Waals surface area contributed by atoms with Crippen molar-refractivity contribution in [1.29, 1.82) is 0 Å². The fourth-order valence-corrected chi connectivity index (χ4v) is 4.59. The zero-order valence-corrected chi connectivity index (χ0v) is 20.0. The van der Waals surface area contributed by atoms with Gasteiger partial charge in [-0.2, -0.15) is 0 Å². The monoisotopic (exact) mass is 480 g/mol. The molecule has 1 aliphatic carbocycles. The number of para-hydroxylation sites is 2. The van der Waals surface area contributed by atoms with Gasteiger partial charge in [0.2, 0.25) is 0 Å². The van der Waals surface area contributed by atoms with Crippen LogP contribution in [-0.4, -0.2) is 23.5 Å². The molecule has 4 aromatic rings. The second kappa shape index (κ2) is 11.0. The molecule has 1 amide bonds. The van der Waals surface area contributed by atoms with Gasteiger partial charge >= 0.3 is 5.97 Å². The Morgan fingerprint density at radius 2 is 1.47 bits per heavy atom. The molecule has 6 nitrogen and oxygen atoms in total. The summed E-state index contributed by atoms with van der Waals surface area (Å²) in [7, 11) is 0. The highest BCUT2D eigenvalue weighted by atomic mass is 16.5. The van der Waals surface area contributed by atoms with E-state index in [2.05, 4.69) is 5.32 Å². The molecule has 5 rings (SSSR count). The minimum Gasteiger partial charge on any atom is -0.457 e. The summed E-state index contributed by atoms with van der Waals surface area (Å²) in [6, 6.07) is 24.1. The molecule has 1 aromatic heterocycles. The van der Waals surface area contributed by atoms with Gasteiger partial charge in [0.25, 0.3) is 5.91 Å². The van der Waals surface area contributed by atoms with E-state index in [-0.39, 0.29) is 6.61 Å². The molecule has 1 aliphatic rings. The van der Waals surface area contributed by atoms with E-state index in [1.54, 1.807) is 24.3 Å². The summed E-state index contributed by atoms with van der Waals surface area (Å²) in [4.78, 5) is 30.7. The third-order valence-corrected chi connectivity index (χ3v) is 6.32. The van der Waals surface area contributed by atoms with Gasteiger partial charge in [0.15, 0.2) is 6.61 Å². The Balaban J connectivity index is 1.26. The minimum absolute atomic E-state index is 0.369. The molecule has 0 saturated heterocycles. The molecular formula is C30H28N2O4. The fraction of sp³-hybridized carbons (Fsp3) is 0.233. The number of ether oxygens (including phenoxy) is 2. The lowest BCUT2D eigenvalue weighted by Gasteiger charge is -2.18. The van der Waals surface area contributed by atoms with Gasteiger partial charge in [0, 0.05) is 16.8 Å². The zero-order chi connectivity index (χ0) is 24.7. The lowest BCUT2D eigenvalue weighted by atomic mass is 9.91. The highest BCUT2D eigenvalue weighted by molar-refractivity contribution is 6.06. The Morgan fingerprint density at radius 3 is 2.28 bits per heavy atom. The first-order valence-electron chi connectivity index (χ1n) is 12.4. The van der Waals surface area contributed by atoms with Crippen molar-refractivity contribution in [3.8, 4) is 11.5 Å². The molecule has 0 saturated carbocycles. The third-order valence-electron chi connectivity index (χ3n) is 6.32. The Bertz CT molecular complexity index is 1370. The molecule has 36 heavy (non-hydrogen) atoms. The number of aryl methyl sites for hydroxylation is 1. The molecule has 0 spiro atoms. The van der Waals surface area contributed by atoms with Crippen molar-refractivity contribution in [2.75, 3.05) is 11.9 Å². The first-order chi connectivity index (χ1) is 17.7. The summed E-state index contributed by atoms with van der Waals surface area (Å²) in [5, 5.41) is 3.55. The van der Waals surface area contributed by atoms with Gasteiger partial charge in [-0.05, 0) is 73.7 Å². The molecule has 0 fully saturated rings. The minimum atomic E-state index is -0.479. The predicted octanol–water partition coefficient (Wildman–Crippen LogP) is 6.48. The number of hydrogen-bond donors (Lipinski definition) is 1. The van der Waals surface area contributed by atoms with E-state index < -0.39 is 11.9 Å². The summed E-state index contributed by atoms with van der Waals surface area (Å²) in [6.07, 6.45) is 6.03. The number of fused-ring (bicyclic) bond motifs is 2. The van der Waals surface area contributed by atoms with Crippen LogP contribution < -0.4 is 10.1 Å². The zero-order valence-electron chi connectivity index (χ0n) is 20.0. The summed E-state index contributed by atoms with van der Waals surface area (Å²) in [5.41, 5.74) is 3.87. The Kier molecular flexibility index (Phi) is 7.22. The number of amides is 1. The van der Waals surface area contributed by atoms with E-state index in [4.69, 9.17) is 14.5 Å². The van der Waals surface area contributed by atoms with Crippen molar-refractivity contribution in [1.82, 2.24) is 4.98 Å². The summed E-state index contributed by atoms with van der Waals surface area (Å²) in [5.74, 6) is 0.513. The highest BCUT2D eigenvalue weighted by Crippen LogP contribution is 2.29. The highest BCUT2D eigenvalue weighted by Gasteiger charge is 2.23. The van der Waals surface area contributed by atoms with Crippen LogP contribution in [0.25, 0.3) is 10.9 Å². The largest absolute Gasteiger partial charge is 0.457 e. The number of carbonyl (C=O) groups excluding carboxylic acids is 2. The first kappa shape index (κ1) is 23.5. The molecule has 6 heteroatoms. The fourth-order valence-electron chi connectivity index (χ4n) is 4.59. The molecule has 0 bridgehead atoms. The maximum atomic E-state index is 13.3. The smallest absolute Gasteiger partial charge is 0.339 e. The van der Waals surface area contributed by atoms with Gasteiger partial charge in [0.05, 0.1) is 11.1 Å². The van der Waals surface area contributed by atoms with Gasteiger partial charge in [-0.1, -0.05) is 49.2 Å². The van der Waals surface area contributed by atoms with Crippen LogP contribution in [0.2, 0.25) is 0 Å². The Hall–Kier alpha value is -4.19. The van der Waals surface area contributed by atoms with E-state index in [0.29, 0.717) is 17.0 Å². The number of esters is 1. The average molecular weight is 481 g/mol. The number of nitrogens with one attached hydrogen (secondary N) is 1. The van der Waals surface area contributed by atoms with E-state index in [9.17, 15) is 9.59 Å². The maximum Gasteiger partial charge on any atom is 0.339 e. The molecule has 0 radical (unpaired) electrons. The van der Waals surface area contributed by atoms with E-state index in [1.807, 2.05) is 54.6 Å². The van der Waals surface area contributed by atoms with Crippen LogP contribution in [-0.2, 0) is 22.4 Å². The van der Waals surface area contributed by atoms with Crippen molar-refractivity contribution in [2.24, 2.45) is 0 Å². The van der Waals surface area contributed by atoms with Crippen molar-refractivity contribution in [2.45, 2.75) is 38.5 Å². The van der Waals surface area contributed by atoms with Gasteiger partial charge in [-0.15, -0.1) is 0 Å². The number of rotatable bonds is 6. The number of pyridine rings is 1. The van der Waals surface area contributed by atoms with Gasteiger partial charge in [0.1, 0.15) is 11.5 Å². The van der Waals surface area contributed by atoms with Crippen molar-refractivity contribution >= 4 is 28.5 Å². The Morgan fingerprint density at radius 1 is 0.778 bits per heavy atom. The van der Waals surface area contributed by atoms with Crippen LogP contribution in [0.5, 0.6) is 11.5 Å². The molecule has 182 valence electrons. The number of nitrogens with zero attached hydrogens (tertiary/aromatic N) is 1. The van der Waals surface area contributed by atoms with Crippen LogP contribution in [0.3, 0.4) is 0 Å². The third kappa shape index (κ3) is 5.54. The standard InChI is InChI=1S/C30H28N2O4/c33-28(31-21-16-18-23(19-17-21)36-22-10-4-3-5-11-22)20-35-30(34)29-24-12-6-1-2-7-14-26(24)32-27-15-9-8-13-25(27)29/h3-5,8-11,13,15-19H,1-2,6-7,12,14,20H2,(H,31,33). The van der Waals surface area contributed by atoms with Crippen LogP contribution in [0, 0.1) is 0 Å². The number of carbonyl (C=O) groups is 2. The molecule has 0 atom stereocenters. The Labute approximate surface area is 210 Å². The van der Waals surface area contributed by atoms with Gasteiger partial charge < -0.3 is 14.8 Å². The van der Waals surface area contributed by atoms with Gasteiger partial charge in [-0.3, -0.25) is 9.78 Å². The SMILES string of the molecule is O=C(COC(=O)c1c2c(nc3ccccc13)CCCCCC2)Nc1ccc(Oc2ccccc2)cc1. The predicted molar refractivity (Wildman–Crippen MR) is 139 cm³/mol. The lowest BCUT2D eigenvalue weighted by Crippen LogP contribution is -2.22. The molecule has 1 heterocycles. The normalized spacial score (nSPS) is 13.2. The molecule has 3 aromatic carbocycles. The average Bonchev–Trinajstić information content (AvgIpc) is 2.89. The van der Waals surface area contributed by atoms with E-state index in [0.717, 1.165) is 60.0 Å². The number of hydrogen-bond acceptors (Lipinski definition) is 5. The summed E-state index contributed by atoms with van der Waals surface area (Å²) in [6.45, 7) is -0.369. The number of benzene rings is 3. The topological polar surface area (TPSA) is 77.5 Å². The van der Waals surface area contributed by atoms with Crippen molar-refractivity contribution < 1.29 is 19.1 Å². The van der Waals surface area contributed by atoms with E-state index >= 15 is 0 Å². The van der Waals surface area contributed by atoms with E-state index in [1.165, 1.54) is 6.42 Å². The quantitative estimate of drug-likeness (QED) is 0.320. The first-order valence-corrected chi connectivity index (χ1v) is 12.4. The summed E-state index contributed by atoms with van der Waals surface area (Å²) < 4.78 is 11.3.